The minimum Gasteiger partial charge on any atom is -0.139 e. The number of hydrogen-bond acceptors (Lipinski definition) is 1. The van der Waals surface area contributed by atoms with Crippen LogP contribution in [0.2, 0.25) is 0 Å². The van der Waals surface area contributed by atoms with Crippen molar-refractivity contribution in [3.05, 3.63) is 131 Å². The lowest BCUT2D eigenvalue weighted by molar-refractivity contribution is 1.01. The quantitative estimate of drug-likeness (QED) is 0.301. The molecule has 1 heteroatoms. The zero-order valence-corrected chi connectivity index (χ0v) is 16.3. The summed E-state index contributed by atoms with van der Waals surface area (Å²) in [7, 11) is 0. The minimum absolute atomic E-state index is 0.218. The maximum atomic E-state index is 2.25. The summed E-state index contributed by atoms with van der Waals surface area (Å²) in [4.78, 5) is 1.41. The van der Waals surface area contributed by atoms with Gasteiger partial charge < -0.3 is 0 Å². The second-order valence-electron chi connectivity index (χ2n) is 6.96. The molecule has 134 valence electrons. The third-order valence-corrected chi connectivity index (χ3v) is 6.45. The summed E-state index contributed by atoms with van der Waals surface area (Å²) in [5, 5.41) is 1.34. The van der Waals surface area contributed by atoms with Gasteiger partial charge in [-0.15, -0.1) is 11.3 Å². The number of rotatable bonds is 4. The van der Waals surface area contributed by atoms with Crippen molar-refractivity contribution in [2.75, 3.05) is 0 Å². The van der Waals surface area contributed by atoms with Crippen molar-refractivity contribution in [3.8, 4) is 11.1 Å². The first-order chi connectivity index (χ1) is 13.9. The third kappa shape index (κ3) is 3.04. The zero-order valence-electron chi connectivity index (χ0n) is 15.5. The molecule has 0 fully saturated rings. The fourth-order valence-electron chi connectivity index (χ4n) is 3.96. The van der Waals surface area contributed by atoms with Gasteiger partial charge in [-0.05, 0) is 22.8 Å². The standard InChI is InChI=1S/C27H20S/c1-4-12-20(13-5-1)25(21-14-6-2-7-15-21)27-26(22-16-8-3-9-17-22)23-18-10-11-19-24(23)28-27/h1-19,25H. The molecule has 0 aliphatic rings. The van der Waals surface area contributed by atoms with Crippen molar-refractivity contribution in [2.45, 2.75) is 5.92 Å². The molecule has 0 amide bonds. The van der Waals surface area contributed by atoms with Crippen LogP contribution in [0.1, 0.15) is 21.9 Å². The highest BCUT2D eigenvalue weighted by Crippen LogP contribution is 2.46. The summed E-state index contributed by atoms with van der Waals surface area (Å²) in [5.74, 6) is 0.218. The summed E-state index contributed by atoms with van der Waals surface area (Å²) in [6, 6.07) is 41.3. The first-order valence-electron chi connectivity index (χ1n) is 9.58. The van der Waals surface area contributed by atoms with E-state index in [2.05, 4.69) is 115 Å². The van der Waals surface area contributed by atoms with Crippen LogP contribution in [0, 0.1) is 0 Å². The van der Waals surface area contributed by atoms with Crippen LogP contribution in [-0.4, -0.2) is 0 Å². The number of thiophene rings is 1. The molecule has 5 aromatic rings. The van der Waals surface area contributed by atoms with E-state index in [-0.39, 0.29) is 5.92 Å². The van der Waals surface area contributed by atoms with Crippen LogP contribution >= 0.6 is 11.3 Å². The van der Waals surface area contributed by atoms with E-state index >= 15 is 0 Å². The van der Waals surface area contributed by atoms with Gasteiger partial charge in [0, 0.05) is 26.4 Å². The Balaban J connectivity index is 1.83. The number of benzene rings is 4. The second kappa shape index (κ2) is 7.46. The largest absolute Gasteiger partial charge is 0.139 e. The number of hydrogen-bond donors (Lipinski definition) is 0. The molecular formula is C27H20S. The molecule has 0 N–H and O–H groups in total. The molecule has 0 radical (unpaired) electrons. The highest BCUT2D eigenvalue weighted by Gasteiger charge is 2.24. The molecule has 0 spiro atoms. The van der Waals surface area contributed by atoms with Gasteiger partial charge >= 0.3 is 0 Å². The topological polar surface area (TPSA) is 0 Å². The molecule has 0 saturated heterocycles. The molecule has 0 saturated carbocycles. The molecule has 0 atom stereocenters. The molecule has 0 aliphatic carbocycles. The van der Waals surface area contributed by atoms with Crippen molar-refractivity contribution in [1.82, 2.24) is 0 Å². The van der Waals surface area contributed by atoms with Gasteiger partial charge in [0.05, 0.1) is 0 Å². The van der Waals surface area contributed by atoms with Gasteiger partial charge in [-0.1, -0.05) is 109 Å². The Morgan fingerprint density at radius 3 is 1.61 bits per heavy atom. The van der Waals surface area contributed by atoms with Crippen molar-refractivity contribution in [1.29, 1.82) is 0 Å². The van der Waals surface area contributed by atoms with Gasteiger partial charge in [-0.3, -0.25) is 0 Å². The average molecular weight is 377 g/mol. The molecule has 0 aliphatic heterocycles. The average Bonchev–Trinajstić information content (AvgIpc) is 3.15. The van der Waals surface area contributed by atoms with Crippen molar-refractivity contribution in [3.63, 3.8) is 0 Å². The highest BCUT2D eigenvalue weighted by molar-refractivity contribution is 7.19. The van der Waals surface area contributed by atoms with Crippen molar-refractivity contribution < 1.29 is 0 Å². The Labute approximate surface area is 169 Å². The predicted octanol–water partition coefficient (Wildman–Crippen LogP) is 7.75. The molecule has 4 aromatic carbocycles. The summed E-state index contributed by atoms with van der Waals surface area (Å²) >= 11 is 1.92. The Morgan fingerprint density at radius 1 is 0.500 bits per heavy atom. The molecule has 0 bridgehead atoms. The Morgan fingerprint density at radius 2 is 1.00 bits per heavy atom. The maximum absolute atomic E-state index is 2.25. The van der Waals surface area contributed by atoms with Gasteiger partial charge in [0.1, 0.15) is 0 Å². The van der Waals surface area contributed by atoms with Crippen LogP contribution < -0.4 is 0 Å². The van der Waals surface area contributed by atoms with E-state index in [9.17, 15) is 0 Å². The summed E-state index contributed by atoms with van der Waals surface area (Å²) in [5.41, 5.74) is 5.31. The molecule has 0 nitrogen and oxygen atoms in total. The maximum Gasteiger partial charge on any atom is 0.0440 e. The van der Waals surface area contributed by atoms with E-state index in [0.29, 0.717) is 0 Å². The molecule has 5 rings (SSSR count). The Bertz CT molecular complexity index is 1150. The van der Waals surface area contributed by atoms with Crippen LogP contribution in [0.3, 0.4) is 0 Å². The van der Waals surface area contributed by atoms with Crippen molar-refractivity contribution in [2.24, 2.45) is 0 Å². The minimum atomic E-state index is 0.218. The van der Waals surface area contributed by atoms with E-state index in [1.54, 1.807) is 0 Å². The monoisotopic (exact) mass is 376 g/mol. The van der Waals surface area contributed by atoms with Crippen LogP contribution in [0.5, 0.6) is 0 Å². The van der Waals surface area contributed by atoms with E-state index in [0.717, 1.165) is 0 Å². The summed E-state index contributed by atoms with van der Waals surface area (Å²) in [6.45, 7) is 0. The number of fused-ring (bicyclic) bond motifs is 1. The molecule has 28 heavy (non-hydrogen) atoms. The molecule has 0 unspecified atom stereocenters. The van der Waals surface area contributed by atoms with Crippen LogP contribution in [0.15, 0.2) is 115 Å². The van der Waals surface area contributed by atoms with Crippen LogP contribution in [-0.2, 0) is 0 Å². The summed E-state index contributed by atoms with van der Waals surface area (Å²) in [6.07, 6.45) is 0. The lowest BCUT2D eigenvalue weighted by Crippen LogP contribution is -2.02. The van der Waals surface area contributed by atoms with Crippen LogP contribution in [0.25, 0.3) is 21.2 Å². The van der Waals surface area contributed by atoms with E-state index < -0.39 is 0 Å². The Hall–Kier alpha value is -3.16. The lowest BCUT2D eigenvalue weighted by Gasteiger charge is -2.19. The highest BCUT2D eigenvalue weighted by atomic mass is 32.1. The van der Waals surface area contributed by atoms with Gasteiger partial charge in [0.25, 0.3) is 0 Å². The lowest BCUT2D eigenvalue weighted by atomic mass is 9.86. The second-order valence-corrected chi connectivity index (χ2v) is 8.04. The SMILES string of the molecule is c1ccc(-c2c(C(c3ccccc3)c3ccccc3)sc3ccccc23)cc1. The zero-order chi connectivity index (χ0) is 18.8. The molecule has 1 heterocycles. The molecular weight excluding hydrogens is 356 g/mol. The fourth-order valence-corrected chi connectivity index (χ4v) is 5.34. The third-order valence-electron chi connectivity index (χ3n) is 5.21. The normalized spacial score (nSPS) is 11.2. The Kier molecular flexibility index (Phi) is 4.52. The predicted molar refractivity (Wildman–Crippen MR) is 121 cm³/mol. The van der Waals surface area contributed by atoms with E-state index in [1.165, 1.54) is 37.2 Å². The van der Waals surface area contributed by atoms with E-state index in [1.807, 2.05) is 11.3 Å². The first kappa shape index (κ1) is 17.0. The summed E-state index contributed by atoms with van der Waals surface area (Å²) < 4.78 is 1.34. The first-order valence-corrected chi connectivity index (χ1v) is 10.4. The van der Waals surface area contributed by atoms with Crippen molar-refractivity contribution >= 4 is 21.4 Å². The van der Waals surface area contributed by atoms with Gasteiger partial charge in [-0.2, -0.15) is 0 Å². The van der Waals surface area contributed by atoms with Crippen LogP contribution in [0.4, 0.5) is 0 Å². The van der Waals surface area contributed by atoms with Gasteiger partial charge in [-0.25, -0.2) is 0 Å². The fraction of sp³-hybridized carbons (Fsp3) is 0.0370. The molecule has 1 aromatic heterocycles. The van der Waals surface area contributed by atoms with Gasteiger partial charge in [0.15, 0.2) is 0 Å². The van der Waals surface area contributed by atoms with Gasteiger partial charge in [0.2, 0.25) is 0 Å². The van der Waals surface area contributed by atoms with E-state index in [4.69, 9.17) is 0 Å². The smallest absolute Gasteiger partial charge is 0.0440 e.